The number of hydrogen-bond acceptors (Lipinski definition) is 4. The Bertz CT molecular complexity index is 1330. The summed E-state index contributed by atoms with van der Waals surface area (Å²) in [5.41, 5.74) is 6.73. The lowest BCUT2D eigenvalue weighted by Gasteiger charge is -2.11. The lowest BCUT2D eigenvalue weighted by molar-refractivity contribution is 1.23. The summed E-state index contributed by atoms with van der Waals surface area (Å²) in [5, 5.41) is 7.38. The first-order valence-corrected chi connectivity index (χ1v) is 10.9. The van der Waals surface area contributed by atoms with Gasteiger partial charge >= 0.3 is 0 Å². The molecule has 0 spiro atoms. The number of anilines is 2. The van der Waals surface area contributed by atoms with E-state index in [9.17, 15) is 0 Å². The Morgan fingerprint density at radius 2 is 1.57 bits per heavy atom. The predicted octanol–water partition coefficient (Wildman–Crippen LogP) is 7.73. The van der Waals surface area contributed by atoms with Gasteiger partial charge in [-0.1, -0.05) is 66.2 Å². The highest BCUT2D eigenvalue weighted by Crippen LogP contribution is 2.38. The van der Waals surface area contributed by atoms with Crippen LogP contribution in [-0.2, 0) is 0 Å². The van der Waals surface area contributed by atoms with Crippen molar-refractivity contribution >= 4 is 44.7 Å². The first-order valence-electron chi connectivity index (χ1n) is 9.60. The van der Waals surface area contributed by atoms with Gasteiger partial charge in [-0.2, -0.15) is 0 Å². The van der Waals surface area contributed by atoms with Crippen molar-refractivity contribution in [2.24, 2.45) is 0 Å². The Labute approximate surface area is 184 Å². The Hall–Kier alpha value is -3.21. The van der Waals surface area contributed by atoms with Gasteiger partial charge in [-0.3, -0.25) is 0 Å². The molecule has 2 heterocycles. The number of aromatic nitrogens is 2. The Morgan fingerprint density at radius 1 is 0.833 bits per heavy atom. The van der Waals surface area contributed by atoms with E-state index in [0.717, 1.165) is 43.4 Å². The molecule has 5 heteroatoms. The molecule has 0 aliphatic carbocycles. The highest BCUT2D eigenvalue weighted by molar-refractivity contribution is 7.17. The normalized spacial score (nSPS) is 11.0. The quantitative estimate of drug-likeness (QED) is 0.319. The summed E-state index contributed by atoms with van der Waals surface area (Å²) in [4.78, 5) is 9.98. The third kappa shape index (κ3) is 3.56. The zero-order chi connectivity index (χ0) is 20.5. The molecule has 3 nitrogen and oxygen atoms in total. The Morgan fingerprint density at radius 3 is 2.33 bits per heavy atom. The number of benzene rings is 3. The number of nitrogens with zero attached hydrogens (tertiary/aromatic N) is 2. The van der Waals surface area contributed by atoms with E-state index in [1.807, 2.05) is 31.2 Å². The summed E-state index contributed by atoms with van der Waals surface area (Å²) in [6.07, 6.45) is 1.61. The topological polar surface area (TPSA) is 37.8 Å². The van der Waals surface area contributed by atoms with Crippen LogP contribution in [0.5, 0.6) is 0 Å². The maximum Gasteiger partial charge on any atom is 0.143 e. The van der Waals surface area contributed by atoms with Crippen LogP contribution in [0.25, 0.3) is 32.5 Å². The van der Waals surface area contributed by atoms with E-state index >= 15 is 0 Å². The van der Waals surface area contributed by atoms with E-state index in [1.54, 1.807) is 17.7 Å². The number of thiophene rings is 1. The summed E-state index contributed by atoms with van der Waals surface area (Å²) in [5.74, 6) is 0.800. The molecule has 5 aromatic rings. The number of fused-ring (bicyclic) bond motifs is 1. The first kappa shape index (κ1) is 18.8. The second kappa shape index (κ2) is 7.90. The maximum atomic E-state index is 6.11. The molecule has 0 bridgehead atoms. The van der Waals surface area contributed by atoms with Crippen LogP contribution in [0.4, 0.5) is 11.5 Å². The zero-order valence-electron chi connectivity index (χ0n) is 16.3. The first-order chi connectivity index (χ1) is 14.7. The molecule has 0 radical (unpaired) electrons. The molecule has 2 aromatic heterocycles. The summed E-state index contributed by atoms with van der Waals surface area (Å²) < 4.78 is 0. The second-order valence-electron chi connectivity index (χ2n) is 7.08. The molecule has 0 unspecified atom stereocenters. The van der Waals surface area contributed by atoms with Crippen molar-refractivity contribution in [3.05, 3.63) is 95.1 Å². The van der Waals surface area contributed by atoms with E-state index in [4.69, 9.17) is 11.6 Å². The van der Waals surface area contributed by atoms with Crippen LogP contribution in [0.1, 0.15) is 5.56 Å². The SMILES string of the molecule is Cc1cc(Cl)ccc1Nc1ncnc2scc(-c3ccc(-c4ccccc4)cc3)c12. The molecular weight excluding hydrogens is 410 g/mol. The molecule has 0 saturated heterocycles. The van der Waals surface area contributed by atoms with E-state index in [0.29, 0.717) is 0 Å². The van der Waals surface area contributed by atoms with Crippen molar-refractivity contribution in [2.75, 3.05) is 5.32 Å². The van der Waals surface area contributed by atoms with E-state index in [2.05, 4.69) is 69.2 Å². The van der Waals surface area contributed by atoms with Crippen LogP contribution >= 0.6 is 22.9 Å². The van der Waals surface area contributed by atoms with Crippen LogP contribution in [0.3, 0.4) is 0 Å². The van der Waals surface area contributed by atoms with Crippen molar-refractivity contribution in [2.45, 2.75) is 6.92 Å². The fourth-order valence-corrected chi connectivity index (χ4v) is 4.69. The van der Waals surface area contributed by atoms with Gasteiger partial charge < -0.3 is 5.32 Å². The van der Waals surface area contributed by atoms with Gasteiger partial charge in [0.15, 0.2) is 0 Å². The fraction of sp³-hybridized carbons (Fsp3) is 0.0400. The number of aryl methyl sites for hydroxylation is 1. The van der Waals surface area contributed by atoms with Crippen molar-refractivity contribution < 1.29 is 0 Å². The third-order valence-electron chi connectivity index (χ3n) is 5.11. The van der Waals surface area contributed by atoms with Crippen molar-refractivity contribution in [1.29, 1.82) is 0 Å². The molecule has 0 atom stereocenters. The lowest BCUT2D eigenvalue weighted by Crippen LogP contribution is -1.97. The Balaban J connectivity index is 1.56. The van der Waals surface area contributed by atoms with Gasteiger partial charge in [0.25, 0.3) is 0 Å². The molecule has 0 aliphatic rings. The molecule has 0 aliphatic heterocycles. The van der Waals surface area contributed by atoms with Gasteiger partial charge in [0.05, 0.1) is 5.39 Å². The third-order valence-corrected chi connectivity index (χ3v) is 6.24. The number of rotatable bonds is 4. The number of halogens is 1. The Kier molecular flexibility index (Phi) is 4.95. The van der Waals surface area contributed by atoms with Gasteiger partial charge in [-0.05, 0) is 47.4 Å². The van der Waals surface area contributed by atoms with E-state index in [1.165, 1.54) is 11.1 Å². The smallest absolute Gasteiger partial charge is 0.143 e. The van der Waals surface area contributed by atoms with Crippen LogP contribution in [0, 0.1) is 6.92 Å². The predicted molar refractivity (Wildman–Crippen MR) is 128 cm³/mol. The summed E-state index contributed by atoms with van der Waals surface area (Å²) in [7, 11) is 0. The second-order valence-corrected chi connectivity index (χ2v) is 8.37. The fourth-order valence-electron chi connectivity index (χ4n) is 3.55. The van der Waals surface area contributed by atoms with Crippen LogP contribution in [0.15, 0.2) is 84.5 Å². The molecule has 1 N–H and O–H groups in total. The molecule has 5 rings (SSSR count). The van der Waals surface area contributed by atoms with Gasteiger partial charge in [0.1, 0.15) is 17.0 Å². The molecule has 0 fully saturated rings. The standard InChI is InChI=1S/C25H18ClN3S/c1-16-13-20(26)11-12-22(16)29-24-23-21(14-30-25(23)28-15-27-24)19-9-7-18(8-10-19)17-5-3-2-4-6-17/h2-15H,1H3,(H,27,28,29). The zero-order valence-corrected chi connectivity index (χ0v) is 17.8. The minimum atomic E-state index is 0.723. The summed E-state index contributed by atoms with van der Waals surface area (Å²) in [6.45, 7) is 2.03. The van der Waals surface area contributed by atoms with E-state index in [-0.39, 0.29) is 0 Å². The molecule has 0 saturated carbocycles. The molecule has 3 aromatic carbocycles. The maximum absolute atomic E-state index is 6.11. The summed E-state index contributed by atoms with van der Waals surface area (Å²) >= 11 is 7.74. The van der Waals surface area contributed by atoms with Gasteiger partial charge in [0.2, 0.25) is 0 Å². The van der Waals surface area contributed by atoms with Gasteiger partial charge in [-0.15, -0.1) is 11.3 Å². The van der Waals surface area contributed by atoms with Gasteiger partial charge in [0, 0.05) is 21.7 Å². The van der Waals surface area contributed by atoms with Crippen molar-refractivity contribution in [1.82, 2.24) is 9.97 Å². The number of nitrogens with one attached hydrogen (secondary N) is 1. The molecular formula is C25H18ClN3S. The average Bonchev–Trinajstić information content (AvgIpc) is 3.22. The van der Waals surface area contributed by atoms with Crippen LogP contribution in [0.2, 0.25) is 5.02 Å². The highest BCUT2D eigenvalue weighted by atomic mass is 35.5. The van der Waals surface area contributed by atoms with Crippen molar-refractivity contribution in [3.63, 3.8) is 0 Å². The molecule has 146 valence electrons. The lowest BCUT2D eigenvalue weighted by atomic mass is 10.0. The van der Waals surface area contributed by atoms with Crippen LogP contribution in [-0.4, -0.2) is 9.97 Å². The minimum absolute atomic E-state index is 0.723. The largest absolute Gasteiger partial charge is 0.339 e. The van der Waals surface area contributed by atoms with Crippen LogP contribution < -0.4 is 5.32 Å². The summed E-state index contributed by atoms with van der Waals surface area (Å²) in [6, 6.07) is 24.8. The van der Waals surface area contributed by atoms with E-state index < -0.39 is 0 Å². The molecule has 0 amide bonds. The monoisotopic (exact) mass is 427 g/mol. The molecule has 30 heavy (non-hydrogen) atoms. The number of hydrogen-bond donors (Lipinski definition) is 1. The minimum Gasteiger partial charge on any atom is -0.339 e. The highest BCUT2D eigenvalue weighted by Gasteiger charge is 2.14. The average molecular weight is 428 g/mol. The van der Waals surface area contributed by atoms with Crippen molar-refractivity contribution in [3.8, 4) is 22.3 Å². The van der Waals surface area contributed by atoms with Gasteiger partial charge in [-0.25, -0.2) is 9.97 Å².